The van der Waals surface area contributed by atoms with E-state index in [9.17, 15) is 14.9 Å². The fourth-order valence-corrected chi connectivity index (χ4v) is 2.07. The molecule has 2 aromatic rings. The minimum Gasteiger partial charge on any atom is -0.478 e. The minimum absolute atomic E-state index is 0.0265. The van der Waals surface area contributed by atoms with Crippen molar-refractivity contribution in [1.29, 1.82) is 0 Å². The normalized spacial score (nSPS) is 10.2. The number of nitro groups is 1. The first-order chi connectivity index (χ1) is 9.91. The number of rotatable bonds is 4. The summed E-state index contributed by atoms with van der Waals surface area (Å²) < 4.78 is 5.50. The van der Waals surface area contributed by atoms with Gasteiger partial charge in [-0.3, -0.25) is 10.1 Å². The van der Waals surface area contributed by atoms with Crippen molar-refractivity contribution in [3.8, 4) is 11.5 Å². The van der Waals surface area contributed by atoms with Crippen molar-refractivity contribution in [1.82, 2.24) is 0 Å². The van der Waals surface area contributed by atoms with Gasteiger partial charge in [0.1, 0.15) is 17.1 Å². The predicted octanol–water partition coefficient (Wildman–Crippen LogP) is 4.05. The van der Waals surface area contributed by atoms with E-state index in [1.807, 2.05) is 0 Å². The van der Waals surface area contributed by atoms with Gasteiger partial charge in [0.25, 0.3) is 5.69 Å². The largest absolute Gasteiger partial charge is 0.478 e. The molecule has 2 aromatic carbocycles. The van der Waals surface area contributed by atoms with E-state index in [1.54, 1.807) is 0 Å². The number of carbonyl (C=O) groups is 1. The first kappa shape index (κ1) is 14.8. The van der Waals surface area contributed by atoms with E-state index in [0.717, 1.165) is 0 Å². The smallest absolute Gasteiger partial charge is 0.341 e. The maximum absolute atomic E-state index is 11.2. The lowest BCUT2D eigenvalue weighted by atomic mass is 10.1. The van der Waals surface area contributed by atoms with Crippen LogP contribution in [0.2, 0.25) is 5.02 Å². The lowest BCUT2D eigenvalue weighted by Gasteiger charge is -2.11. The summed E-state index contributed by atoms with van der Waals surface area (Å²) >= 11 is 5.84. The molecule has 2 rings (SSSR count). The molecule has 0 radical (unpaired) electrons. The molecule has 7 heteroatoms. The van der Waals surface area contributed by atoms with Crippen LogP contribution in [-0.4, -0.2) is 16.0 Å². The molecule has 0 saturated carbocycles. The van der Waals surface area contributed by atoms with Crippen LogP contribution in [0.3, 0.4) is 0 Å². The number of benzene rings is 2. The Hall–Kier alpha value is -2.60. The van der Waals surface area contributed by atoms with Crippen molar-refractivity contribution in [2.45, 2.75) is 6.92 Å². The van der Waals surface area contributed by atoms with E-state index in [4.69, 9.17) is 21.4 Å². The molecule has 0 unspecified atom stereocenters. The molecule has 21 heavy (non-hydrogen) atoms. The summed E-state index contributed by atoms with van der Waals surface area (Å²) in [6, 6.07) is 8.74. The summed E-state index contributed by atoms with van der Waals surface area (Å²) in [6.07, 6.45) is 0. The molecule has 0 saturated heterocycles. The maximum Gasteiger partial charge on any atom is 0.341 e. The summed E-state index contributed by atoms with van der Waals surface area (Å²) in [5.74, 6) is -1.01. The van der Waals surface area contributed by atoms with Gasteiger partial charge < -0.3 is 9.84 Å². The number of carboxylic acids is 1. The minimum atomic E-state index is -1.24. The molecule has 0 amide bonds. The Morgan fingerprint density at radius 2 is 1.86 bits per heavy atom. The number of carboxylic acid groups (broad SMARTS) is 1. The molecule has 0 spiro atoms. The van der Waals surface area contributed by atoms with Crippen LogP contribution in [0.5, 0.6) is 11.5 Å². The Balaban J connectivity index is 2.49. The Morgan fingerprint density at radius 1 is 1.24 bits per heavy atom. The first-order valence-electron chi connectivity index (χ1n) is 5.85. The zero-order chi connectivity index (χ0) is 15.6. The lowest BCUT2D eigenvalue weighted by Crippen LogP contribution is -2.02. The fraction of sp³-hybridized carbons (Fsp3) is 0.0714. The van der Waals surface area contributed by atoms with E-state index in [-0.39, 0.29) is 27.8 Å². The van der Waals surface area contributed by atoms with Crippen LogP contribution in [0.25, 0.3) is 0 Å². The highest BCUT2D eigenvalue weighted by Crippen LogP contribution is 2.34. The van der Waals surface area contributed by atoms with Crippen molar-refractivity contribution in [3.05, 3.63) is 62.7 Å². The van der Waals surface area contributed by atoms with Crippen LogP contribution < -0.4 is 4.74 Å². The molecule has 1 N–H and O–H groups in total. The van der Waals surface area contributed by atoms with Gasteiger partial charge >= 0.3 is 5.97 Å². The molecule has 0 bridgehead atoms. The predicted molar refractivity (Wildman–Crippen MR) is 76.3 cm³/mol. The SMILES string of the molecule is Cc1c(Oc2cccc(Cl)c2C(=O)O)cccc1[N+](=O)[O-]. The molecule has 0 fully saturated rings. The standard InChI is InChI=1S/C14H10ClNO5/c1-8-10(16(19)20)5-3-6-11(8)21-12-7-2-4-9(15)13(12)14(17)18/h2-7H,1H3,(H,17,18). The molecular formula is C14H10ClNO5. The van der Waals surface area contributed by atoms with E-state index < -0.39 is 10.9 Å². The third-order valence-electron chi connectivity index (χ3n) is 2.86. The van der Waals surface area contributed by atoms with Gasteiger partial charge in [-0.1, -0.05) is 23.7 Å². The second-order valence-corrected chi connectivity index (χ2v) is 4.58. The highest BCUT2D eigenvalue weighted by Gasteiger charge is 2.19. The monoisotopic (exact) mass is 307 g/mol. The molecule has 0 atom stereocenters. The Morgan fingerprint density at radius 3 is 2.48 bits per heavy atom. The fourth-order valence-electron chi connectivity index (χ4n) is 1.83. The number of hydrogen-bond acceptors (Lipinski definition) is 4. The summed E-state index contributed by atoms with van der Waals surface area (Å²) in [6.45, 7) is 1.53. The van der Waals surface area contributed by atoms with Gasteiger partial charge in [0.15, 0.2) is 0 Å². The van der Waals surface area contributed by atoms with Crippen molar-refractivity contribution in [2.24, 2.45) is 0 Å². The molecule has 0 aliphatic carbocycles. The van der Waals surface area contributed by atoms with Crippen molar-refractivity contribution >= 4 is 23.3 Å². The molecule has 0 heterocycles. The Labute approximate surface area is 124 Å². The summed E-state index contributed by atoms with van der Waals surface area (Å²) in [5.41, 5.74) is 0.00953. The Bertz CT molecular complexity index is 729. The van der Waals surface area contributed by atoms with Crippen LogP contribution >= 0.6 is 11.6 Å². The third kappa shape index (κ3) is 2.95. The number of aromatic carboxylic acids is 1. The van der Waals surface area contributed by atoms with E-state index in [1.165, 1.54) is 43.3 Å². The lowest BCUT2D eigenvalue weighted by molar-refractivity contribution is -0.385. The average molecular weight is 308 g/mol. The second-order valence-electron chi connectivity index (χ2n) is 4.18. The molecule has 6 nitrogen and oxygen atoms in total. The van der Waals surface area contributed by atoms with Crippen molar-refractivity contribution in [2.75, 3.05) is 0 Å². The van der Waals surface area contributed by atoms with Crippen LogP contribution in [0.4, 0.5) is 5.69 Å². The summed E-state index contributed by atoms with van der Waals surface area (Å²) in [5, 5.41) is 20.1. The molecule has 0 aromatic heterocycles. The molecule has 108 valence electrons. The van der Waals surface area contributed by atoms with E-state index >= 15 is 0 Å². The van der Waals surface area contributed by atoms with Crippen LogP contribution in [0.15, 0.2) is 36.4 Å². The van der Waals surface area contributed by atoms with Gasteiger partial charge in [-0.15, -0.1) is 0 Å². The zero-order valence-corrected chi connectivity index (χ0v) is 11.6. The Kier molecular flexibility index (Phi) is 4.09. The average Bonchev–Trinajstić information content (AvgIpc) is 2.40. The van der Waals surface area contributed by atoms with Crippen molar-refractivity contribution < 1.29 is 19.6 Å². The summed E-state index contributed by atoms with van der Waals surface area (Å²) in [7, 11) is 0. The number of nitro benzene ring substituents is 1. The first-order valence-corrected chi connectivity index (χ1v) is 6.23. The van der Waals surface area contributed by atoms with Gasteiger partial charge in [-0.2, -0.15) is 0 Å². The second kappa shape index (κ2) is 5.80. The number of halogens is 1. The molecular weight excluding hydrogens is 298 g/mol. The van der Waals surface area contributed by atoms with E-state index in [2.05, 4.69) is 0 Å². The van der Waals surface area contributed by atoms with Crippen LogP contribution in [0.1, 0.15) is 15.9 Å². The van der Waals surface area contributed by atoms with Gasteiger partial charge in [0.05, 0.1) is 15.5 Å². The number of hydrogen-bond donors (Lipinski definition) is 1. The number of nitrogens with zero attached hydrogens (tertiary/aromatic N) is 1. The number of ether oxygens (including phenoxy) is 1. The van der Waals surface area contributed by atoms with Crippen LogP contribution in [0, 0.1) is 17.0 Å². The molecule has 0 aliphatic heterocycles. The van der Waals surface area contributed by atoms with Gasteiger partial charge in [0.2, 0.25) is 0 Å². The topological polar surface area (TPSA) is 89.7 Å². The quantitative estimate of drug-likeness (QED) is 0.680. The third-order valence-corrected chi connectivity index (χ3v) is 3.18. The zero-order valence-electron chi connectivity index (χ0n) is 10.9. The van der Waals surface area contributed by atoms with Crippen molar-refractivity contribution in [3.63, 3.8) is 0 Å². The van der Waals surface area contributed by atoms with Crippen LogP contribution in [-0.2, 0) is 0 Å². The summed E-state index contributed by atoms with van der Waals surface area (Å²) in [4.78, 5) is 21.6. The van der Waals surface area contributed by atoms with Gasteiger partial charge in [0, 0.05) is 6.07 Å². The van der Waals surface area contributed by atoms with Gasteiger partial charge in [-0.05, 0) is 25.1 Å². The highest BCUT2D eigenvalue weighted by molar-refractivity contribution is 6.33. The highest BCUT2D eigenvalue weighted by atomic mass is 35.5. The molecule has 0 aliphatic rings. The van der Waals surface area contributed by atoms with E-state index in [0.29, 0.717) is 5.56 Å². The van der Waals surface area contributed by atoms with Gasteiger partial charge in [-0.25, -0.2) is 4.79 Å². The maximum atomic E-state index is 11.2.